The van der Waals surface area contributed by atoms with E-state index in [1.807, 2.05) is 30.3 Å². The average molecular weight is 392 g/mol. The lowest BCUT2D eigenvalue weighted by atomic mass is 9.95. The molecule has 148 valence electrons. The third-order valence-electron chi connectivity index (χ3n) is 5.15. The number of rotatable bonds is 4. The van der Waals surface area contributed by atoms with E-state index in [9.17, 15) is 14.0 Å². The van der Waals surface area contributed by atoms with Crippen LogP contribution in [0, 0.1) is 11.7 Å². The van der Waals surface area contributed by atoms with Crippen LogP contribution in [-0.2, 0) is 4.79 Å². The van der Waals surface area contributed by atoms with Gasteiger partial charge < -0.3 is 14.6 Å². The van der Waals surface area contributed by atoms with Crippen LogP contribution in [0.4, 0.5) is 10.1 Å². The first-order chi connectivity index (χ1) is 14.1. The summed E-state index contributed by atoms with van der Waals surface area (Å²) < 4.78 is 19.5. The summed E-state index contributed by atoms with van der Waals surface area (Å²) in [6.45, 7) is 0.947. The van der Waals surface area contributed by atoms with E-state index in [1.54, 1.807) is 35.2 Å². The van der Waals surface area contributed by atoms with E-state index in [-0.39, 0.29) is 23.5 Å². The van der Waals surface area contributed by atoms with Gasteiger partial charge in [0.15, 0.2) is 5.76 Å². The number of hydrogen-bond acceptors (Lipinski definition) is 3. The minimum atomic E-state index is -0.397. The number of nitrogens with zero attached hydrogens (tertiary/aromatic N) is 1. The second kappa shape index (κ2) is 8.31. The molecule has 29 heavy (non-hydrogen) atoms. The zero-order valence-electron chi connectivity index (χ0n) is 15.8. The fourth-order valence-corrected chi connectivity index (χ4v) is 3.53. The molecule has 4 rings (SSSR count). The Bertz CT molecular complexity index is 1010. The molecule has 3 aromatic rings. The number of amides is 2. The third kappa shape index (κ3) is 4.21. The Morgan fingerprint density at radius 2 is 1.62 bits per heavy atom. The van der Waals surface area contributed by atoms with Crippen molar-refractivity contribution in [1.82, 2.24) is 4.90 Å². The van der Waals surface area contributed by atoms with Crippen LogP contribution in [0.1, 0.15) is 23.4 Å². The summed E-state index contributed by atoms with van der Waals surface area (Å²) in [5.74, 6) is -0.299. The molecule has 0 bridgehead atoms. The van der Waals surface area contributed by atoms with Gasteiger partial charge in [-0.2, -0.15) is 0 Å². The quantitative estimate of drug-likeness (QED) is 0.707. The van der Waals surface area contributed by atoms with Gasteiger partial charge in [0.25, 0.3) is 5.91 Å². The standard InChI is InChI=1S/C23H21FN2O3/c24-19-9-5-4-8-18(19)20-10-11-21(29-20)23(28)26-14-12-16(13-15-26)22(27)25-17-6-2-1-3-7-17/h1-11,16H,12-15H2,(H,25,27). The predicted octanol–water partition coefficient (Wildman–Crippen LogP) is 4.58. The highest BCUT2D eigenvalue weighted by Crippen LogP contribution is 2.27. The molecular formula is C23H21FN2O3. The highest BCUT2D eigenvalue weighted by molar-refractivity contribution is 5.94. The number of hydrogen-bond donors (Lipinski definition) is 1. The molecule has 5 nitrogen and oxygen atoms in total. The summed E-state index contributed by atoms with van der Waals surface area (Å²) >= 11 is 0. The number of para-hydroxylation sites is 1. The molecule has 0 radical (unpaired) electrons. The third-order valence-corrected chi connectivity index (χ3v) is 5.15. The van der Waals surface area contributed by atoms with Crippen molar-refractivity contribution in [3.8, 4) is 11.3 Å². The summed E-state index contributed by atoms with van der Waals surface area (Å²) in [4.78, 5) is 26.8. The fraction of sp³-hybridized carbons (Fsp3) is 0.217. The van der Waals surface area contributed by atoms with Crippen LogP contribution in [0.25, 0.3) is 11.3 Å². The maximum Gasteiger partial charge on any atom is 0.289 e. The monoisotopic (exact) mass is 392 g/mol. The number of halogens is 1. The number of nitrogens with one attached hydrogen (secondary N) is 1. The van der Waals surface area contributed by atoms with Crippen molar-refractivity contribution in [2.75, 3.05) is 18.4 Å². The molecule has 0 atom stereocenters. The lowest BCUT2D eigenvalue weighted by molar-refractivity contribution is -0.121. The first-order valence-corrected chi connectivity index (χ1v) is 9.62. The molecule has 2 heterocycles. The van der Waals surface area contributed by atoms with Gasteiger partial charge in [0, 0.05) is 24.7 Å². The lowest BCUT2D eigenvalue weighted by Gasteiger charge is -2.30. The van der Waals surface area contributed by atoms with Gasteiger partial charge in [-0.1, -0.05) is 30.3 Å². The maximum absolute atomic E-state index is 13.9. The predicted molar refractivity (Wildman–Crippen MR) is 108 cm³/mol. The van der Waals surface area contributed by atoms with Gasteiger partial charge in [0.2, 0.25) is 5.91 Å². The normalized spacial score (nSPS) is 14.6. The maximum atomic E-state index is 13.9. The van der Waals surface area contributed by atoms with Crippen molar-refractivity contribution in [3.05, 3.63) is 78.3 Å². The van der Waals surface area contributed by atoms with Gasteiger partial charge in [0.05, 0.1) is 5.56 Å². The first kappa shape index (κ1) is 18.9. The van der Waals surface area contributed by atoms with Crippen molar-refractivity contribution in [1.29, 1.82) is 0 Å². The molecular weight excluding hydrogens is 371 g/mol. The molecule has 0 saturated carbocycles. The van der Waals surface area contributed by atoms with E-state index in [2.05, 4.69) is 5.32 Å². The van der Waals surface area contributed by atoms with Crippen LogP contribution in [0.15, 0.2) is 71.1 Å². The summed E-state index contributed by atoms with van der Waals surface area (Å²) in [6, 6.07) is 18.8. The van der Waals surface area contributed by atoms with Gasteiger partial charge in [-0.3, -0.25) is 9.59 Å². The molecule has 6 heteroatoms. The van der Waals surface area contributed by atoms with Crippen LogP contribution in [-0.4, -0.2) is 29.8 Å². The first-order valence-electron chi connectivity index (χ1n) is 9.62. The number of benzene rings is 2. The Balaban J connectivity index is 1.36. The molecule has 2 amide bonds. The van der Waals surface area contributed by atoms with E-state index in [4.69, 9.17) is 4.42 Å². The van der Waals surface area contributed by atoms with Crippen LogP contribution in [0.3, 0.4) is 0 Å². The zero-order chi connectivity index (χ0) is 20.2. The van der Waals surface area contributed by atoms with Crippen molar-refractivity contribution >= 4 is 17.5 Å². The Labute approximate surface area is 168 Å². The van der Waals surface area contributed by atoms with E-state index in [1.165, 1.54) is 6.07 Å². The van der Waals surface area contributed by atoms with Gasteiger partial charge >= 0.3 is 0 Å². The molecule has 1 saturated heterocycles. The van der Waals surface area contributed by atoms with Gasteiger partial charge in [-0.25, -0.2) is 4.39 Å². The summed E-state index contributed by atoms with van der Waals surface area (Å²) in [5, 5.41) is 2.92. The summed E-state index contributed by atoms with van der Waals surface area (Å²) in [6.07, 6.45) is 1.18. The molecule has 1 aromatic heterocycles. The highest BCUT2D eigenvalue weighted by Gasteiger charge is 2.29. The number of likely N-dealkylation sites (tertiary alicyclic amines) is 1. The minimum absolute atomic E-state index is 0.0249. The SMILES string of the molecule is O=C(Nc1ccccc1)C1CCN(C(=O)c2ccc(-c3ccccc3F)o2)CC1. The number of furan rings is 1. The molecule has 0 spiro atoms. The largest absolute Gasteiger partial charge is 0.451 e. The minimum Gasteiger partial charge on any atom is -0.451 e. The van der Waals surface area contributed by atoms with Gasteiger partial charge in [0.1, 0.15) is 11.6 Å². The number of anilines is 1. The van der Waals surface area contributed by atoms with Crippen molar-refractivity contribution < 1.29 is 18.4 Å². The van der Waals surface area contributed by atoms with E-state index in [0.29, 0.717) is 37.3 Å². The van der Waals surface area contributed by atoms with Gasteiger partial charge in [-0.05, 0) is 49.2 Å². The average Bonchev–Trinajstić information content (AvgIpc) is 3.24. The van der Waals surface area contributed by atoms with E-state index in [0.717, 1.165) is 5.69 Å². The molecule has 1 fully saturated rings. The van der Waals surface area contributed by atoms with E-state index >= 15 is 0 Å². The smallest absolute Gasteiger partial charge is 0.289 e. The summed E-state index contributed by atoms with van der Waals surface area (Å²) in [5.41, 5.74) is 1.09. The molecule has 0 unspecified atom stereocenters. The molecule has 0 aliphatic carbocycles. The Morgan fingerprint density at radius 3 is 2.34 bits per heavy atom. The topological polar surface area (TPSA) is 62.6 Å². The molecule has 1 N–H and O–H groups in total. The van der Waals surface area contributed by atoms with Crippen molar-refractivity contribution in [2.24, 2.45) is 5.92 Å². The number of carbonyl (C=O) groups excluding carboxylic acids is 2. The Morgan fingerprint density at radius 1 is 0.931 bits per heavy atom. The van der Waals surface area contributed by atoms with Crippen LogP contribution in [0.5, 0.6) is 0 Å². The lowest BCUT2D eigenvalue weighted by Crippen LogP contribution is -2.41. The van der Waals surface area contributed by atoms with Gasteiger partial charge in [-0.15, -0.1) is 0 Å². The number of piperidine rings is 1. The number of carbonyl (C=O) groups is 2. The van der Waals surface area contributed by atoms with Crippen molar-refractivity contribution in [2.45, 2.75) is 12.8 Å². The second-order valence-electron chi connectivity index (χ2n) is 7.07. The molecule has 1 aliphatic heterocycles. The second-order valence-corrected chi connectivity index (χ2v) is 7.07. The Kier molecular flexibility index (Phi) is 5.42. The van der Waals surface area contributed by atoms with Crippen LogP contribution < -0.4 is 5.32 Å². The van der Waals surface area contributed by atoms with Crippen LogP contribution in [0.2, 0.25) is 0 Å². The van der Waals surface area contributed by atoms with E-state index < -0.39 is 5.82 Å². The highest BCUT2D eigenvalue weighted by atomic mass is 19.1. The Hall–Kier alpha value is -3.41. The fourth-order valence-electron chi connectivity index (χ4n) is 3.53. The molecule has 1 aliphatic rings. The van der Waals surface area contributed by atoms with Crippen LogP contribution >= 0.6 is 0 Å². The zero-order valence-corrected chi connectivity index (χ0v) is 15.8. The van der Waals surface area contributed by atoms with Crippen molar-refractivity contribution in [3.63, 3.8) is 0 Å². The molecule has 2 aromatic carbocycles. The summed E-state index contributed by atoms with van der Waals surface area (Å²) in [7, 11) is 0.